The number of nitrogens with two attached hydrogens (primary N) is 1. The van der Waals surface area contributed by atoms with E-state index in [-0.39, 0.29) is 6.10 Å². The summed E-state index contributed by atoms with van der Waals surface area (Å²) >= 11 is 0. The molecular formula is C11H25NO. The largest absolute Gasteiger partial charge is 0.393 e. The summed E-state index contributed by atoms with van der Waals surface area (Å²) in [5.74, 6) is 0.731. The van der Waals surface area contributed by atoms with Gasteiger partial charge in [-0.2, -0.15) is 0 Å². The monoisotopic (exact) mass is 187 g/mol. The minimum absolute atomic E-state index is 0.194. The maximum Gasteiger partial charge on any atom is 0.0608 e. The number of aliphatic hydroxyl groups is 1. The van der Waals surface area contributed by atoms with Crippen molar-refractivity contribution in [2.45, 2.75) is 52.6 Å². The van der Waals surface area contributed by atoms with Gasteiger partial charge in [0.25, 0.3) is 0 Å². The molecule has 0 bridgehead atoms. The predicted octanol–water partition coefficient (Wildman–Crippen LogP) is 2.16. The molecule has 0 saturated carbocycles. The number of hydrogen-bond acceptors (Lipinski definition) is 2. The maximum absolute atomic E-state index is 10.0. The highest BCUT2D eigenvalue weighted by atomic mass is 16.3. The Balaban J connectivity index is 4.07. The first-order valence-corrected chi connectivity index (χ1v) is 5.59. The summed E-state index contributed by atoms with van der Waals surface area (Å²) < 4.78 is 0. The van der Waals surface area contributed by atoms with Crippen molar-refractivity contribution in [1.82, 2.24) is 0 Å². The molecule has 0 fully saturated rings. The van der Waals surface area contributed by atoms with Gasteiger partial charge < -0.3 is 10.8 Å². The second-order valence-corrected chi connectivity index (χ2v) is 3.85. The molecule has 0 spiro atoms. The van der Waals surface area contributed by atoms with Gasteiger partial charge in [0.2, 0.25) is 0 Å². The van der Waals surface area contributed by atoms with Gasteiger partial charge in [0.05, 0.1) is 6.10 Å². The van der Waals surface area contributed by atoms with Gasteiger partial charge in [-0.1, -0.05) is 40.0 Å². The van der Waals surface area contributed by atoms with Crippen LogP contribution >= 0.6 is 0 Å². The third-order valence-electron chi connectivity index (χ3n) is 2.98. The Labute approximate surface area is 82.5 Å². The van der Waals surface area contributed by atoms with Crippen molar-refractivity contribution in [2.75, 3.05) is 6.54 Å². The minimum atomic E-state index is -0.194. The Morgan fingerprint density at radius 1 is 1.08 bits per heavy atom. The first-order valence-electron chi connectivity index (χ1n) is 5.59. The van der Waals surface area contributed by atoms with Crippen molar-refractivity contribution >= 4 is 0 Å². The first-order chi connectivity index (χ1) is 6.21. The first kappa shape index (κ1) is 12.9. The Hall–Kier alpha value is -0.0800. The fourth-order valence-electron chi connectivity index (χ4n) is 1.96. The second-order valence-electron chi connectivity index (χ2n) is 3.85. The van der Waals surface area contributed by atoms with Gasteiger partial charge in [-0.15, -0.1) is 0 Å². The maximum atomic E-state index is 10.0. The van der Waals surface area contributed by atoms with Crippen molar-refractivity contribution in [3.05, 3.63) is 0 Å². The third kappa shape index (κ3) is 4.10. The highest BCUT2D eigenvalue weighted by Gasteiger charge is 2.23. The van der Waals surface area contributed by atoms with E-state index in [2.05, 4.69) is 20.8 Å². The average Bonchev–Trinajstić information content (AvgIpc) is 2.15. The molecular weight excluding hydrogens is 162 g/mol. The minimum Gasteiger partial charge on any atom is -0.393 e. The molecule has 2 atom stereocenters. The van der Waals surface area contributed by atoms with E-state index in [0.29, 0.717) is 18.4 Å². The van der Waals surface area contributed by atoms with Crippen molar-refractivity contribution in [3.63, 3.8) is 0 Å². The van der Waals surface area contributed by atoms with Gasteiger partial charge in [0, 0.05) is 0 Å². The fraction of sp³-hybridized carbons (Fsp3) is 1.00. The quantitative estimate of drug-likeness (QED) is 0.641. The van der Waals surface area contributed by atoms with Crippen molar-refractivity contribution in [3.8, 4) is 0 Å². The van der Waals surface area contributed by atoms with Crippen molar-refractivity contribution < 1.29 is 5.11 Å². The molecule has 0 aliphatic heterocycles. The normalized spacial score (nSPS) is 16.2. The molecule has 0 aromatic heterocycles. The van der Waals surface area contributed by atoms with Crippen molar-refractivity contribution in [2.24, 2.45) is 17.6 Å². The lowest BCUT2D eigenvalue weighted by atomic mass is 9.85. The van der Waals surface area contributed by atoms with E-state index in [1.165, 1.54) is 0 Å². The Morgan fingerprint density at radius 2 is 1.62 bits per heavy atom. The van der Waals surface area contributed by atoms with Gasteiger partial charge >= 0.3 is 0 Å². The summed E-state index contributed by atoms with van der Waals surface area (Å²) in [7, 11) is 0. The number of rotatable bonds is 7. The van der Waals surface area contributed by atoms with Crippen LogP contribution in [0, 0.1) is 11.8 Å². The summed E-state index contributed by atoms with van der Waals surface area (Å²) in [6.45, 7) is 7.03. The summed E-state index contributed by atoms with van der Waals surface area (Å²) in [6.07, 6.45) is 4.07. The highest BCUT2D eigenvalue weighted by Crippen LogP contribution is 2.22. The molecule has 0 heterocycles. The van der Waals surface area contributed by atoms with Crippen LogP contribution in [0.15, 0.2) is 0 Å². The standard InChI is InChI=1S/C11H25NO/c1-4-7-10(8-12)11(13)9(5-2)6-3/h9-11,13H,4-8,12H2,1-3H3. The van der Waals surface area contributed by atoms with E-state index in [1.54, 1.807) is 0 Å². The molecule has 2 unspecified atom stereocenters. The molecule has 2 nitrogen and oxygen atoms in total. The van der Waals surface area contributed by atoms with Crippen LogP contribution in [0.4, 0.5) is 0 Å². The van der Waals surface area contributed by atoms with Crippen LogP contribution in [0.3, 0.4) is 0 Å². The molecule has 0 aliphatic carbocycles. The molecule has 0 rings (SSSR count). The SMILES string of the molecule is CCCC(CN)C(O)C(CC)CC. The molecule has 3 N–H and O–H groups in total. The summed E-state index contributed by atoms with van der Waals surface area (Å²) in [4.78, 5) is 0. The van der Waals surface area contributed by atoms with E-state index in [4.69, 9.17) is 5.73 Å². The van der Waals surface area contributed by atoms with E-state index < -0.39 is 0 Å². The number of hydrogen-bond donors (Lipinski definition) is 2. The van der Waals surface area contributed by atoms with Gasteiger partial charge in [-0.25, -0.2) is 0 Å². The fourth-order valence-corrected chi connectivity index (χ4v) is 1.96. The molecule has 2 heteroatoms. The van der Waals surface area contributed by atoms with Crippen LogP contribution in [0.5, 0.6) is 0 Å². The highest BCUT2D eigenvalue weighted by molar-refractivity contribution is 4.75. The van der Waals surface area contributed by atoms with Crippen LogP contribution in [0.1, 0.15) is 46.5 Å². The van der Waals surface area contributed by atoms with Crippen LogP contribution in [0.25, 0.3) is 0 Å². The predicted molar refractivity (Wildman–Crippen MR) is 57.5 cm³/mol. The topological polar surface area (TPSA) is 46.2 Å². The van der Waals surface area contributed by atoms with E-state index in [0.717, 1.165) is 25.7 Å². The van der Waals surface area contributed by atoms with Crippen LogP contribution < -0.4 is 5.73 Å². The molecule has 13 heavy (non-hydrogen) atoms. The Kier molecular flexibility index (Phi) is 7.29. The number of aliphatic hydroxyl groups excluding tert-OH is 1. The Morgan fingerprint density at radius 3 is 1.92 bits per heavy atom. The van der Waals surface area contributed by atoms with Crippen LogP contribution in [0.2, 0.25) is 0 Å². The smallest absolute Gasteiger partial charge is 0.0608 e. The lowest BCUT2D eigenvalue weighted by Crippen LogP contribution is -2.33. The summed E-state index contributed by atoms with van der Waals surface area (Å²) in [6, 6.07) is 0. The zero-order valence-corrected chi connectivity index (χ0v) is 9.29. The van der Waals surface area contributed by atoms with Crippen LogP contribution in [-0.4, -0.2) is 17.8 Å². The molecule has 0 amide bonds. The van der Waals surface area contributed by atoms with E-state index in [1.807, 2.05) is 0 Å². The lowest BCUT2D eigenvalue weighted by molar-refractivity contribution is 0.0457. The van der Waals surface area contributed by atoms with Gasteiger partial charge in [0.15, 0.2) is 0 Å². The second kappa shape index (κ2) is 7.34. The average molecular weight is 187 g/mol. The Bertz CT molecular complexity index is 113. The molecule has 0 saturated heterocycles. The summed E-state index contributed by atoms with van der Waals surface area (Å²) in [5.41, 5.74) is 5.65. The van der Waals surface area contributed by atoms with Gasteiger partial charge in [0.1, 0.15) is 0 Å². The molecule has 0 aromatic rings. The molecule has 0 aromatic carbocycles. The van der Waals surface area contributed by atoms with E-state index in [9.17, 15) is 5.11 Å². The zero-order chi connectivity index (χ0) is 10.3. The van der Waals surface area contributed by atoms with Crippen LogP contribution in [-0.2, 0) is 0 Å². The zero-order valence-electron chi connectivity index (χ0n) is 9.29. The molecule has 80 valence electrons. The lowest BCUT2D eigenvalue weighted by Gasteiger charge is -2.27. The molecule has 0 radical (unpaired) electrons. The van der Waals surface area contributed by atoms with Gasteiger partial charge in [-0.05, 0) is 24.8 Å². The summed E-state index contributed by atoms with van der Waals surface area (Å²) in [5, 5.41) is 10.0. The third-order valence-corrected chi connectivity index (χ3v) is 2.98. The van der Waals surface area contributed by atoms with E-state index >= 15 is 0 Å². The molecule has 0 aliphatic rings. The van der Waals surface area contributed by atoms with Gasteiger partial charge in [-0.3, -0.25) is 0 Å². The van der Waals surface area contributed by atoms with Crippen molar-refractivity contribution in [1.29, 1.82) is 0 Å².